The van der Waals surface area contributed by atoms with Gasteiger partial charge < -0.3 is 20.3 Å². The number of nitrogens with zero attached hydrogens (tertiary/aromatic N) is 1. The molecule has 0 aliphatic heterocycles. The molecule has 0 radical (unpaired) electrons. The Kier molecular flexibility index (Phi) is 4.09. The first-order valence-electron chi connectivity index (χ1n) is 5.00. The molecule has 1 unspecified atom stereocenters. The van der Waals surface area contributed by atoms with Gasteiger partial charge in [-0.3, -0.25) is 4.98 Å². The predicted octanol–water partition coefficient (Wildman–Crippen LogP) is 0.308. The fraction of sp³-hybridized carbons (Fsp3) is 0.545. The van der Waals surface area contributed by atoms with Crippen molar-refractivity contribution in [3.8, 4) is 11.5 Å². The van der Waals surface area contributed by atoms with Crippen molar-refractivity contribution in [1.82, 2.24) is 4.98 Å². The van der Waals surface area contributed by atoms with E-state index in [2.05, 4.69) is 4.98 Å². The molecule has 1 aromatic heterocycles. The van der Waals surface area contributed by atoms with E-state index >= 15 is 0 Å². The number of hydrogen-bond donors (Lipinski definition) is 2. The molecule has 0 spiro atoms. The number of rotatable bonds is 5. The number of aromatic nitrogens is 1. The topological polar surface area (TPSA) is 77.6 Å². The van der Waals surface area contributed by atoms with Crippen LogP contribution in [0.2, 0.25) is 0 Å². The first kappa shape index (κ1) is 12.7. The normalized spacial score (nSPS) is 14.3. The monoisotopic (exact) mass is 226 g/mol. The first-order valence-corrected chi connectivity index (χ1v) is 5.00. The fourth-order valence-electron chi connectivity index (χ4n) is 1.57. The lowest BCUT2D eigenvalue weighted by atomic mass is 9.82. The number of pyridine rings is 1. The van der Waals surface area contributed by atoms with Gasteiger partial charge in [0, 0.05) is 17.5 Å². The number of hydrogen-bond acceptors (Lipinski definition) is 5. The van der Waals surface area contributed by atoms with Gasteiger partial charge in [-0.2, -0.15) is 0 Å². The molecule has 0 aliphatic rings. The number of aliphatic hydroxyl groups is 1. The molecular formula is C11H18N2O3. The highest BCUT2D eigenvalue weighted by Gasteiger charge is 2.31. The Hall–Kier alpha value is -1.33. The highest BCUT2D eigenvalue weighted by atomic mass is 16.5. The van der Waals surface area contributed by atoms with Crippen molar-refractivity contribution in [2.75, 3.05) is 27.4 Å². The van der Waals surface area contributed by atoms with Gasteiger partial charge in [-0.15, -0.1) is 0 Å². The Labute approximate surface area is 95.2 Å². The molecule has 16 heavy (non-hydrogen) atoms. The molecule has 0 bridgehead atoms. The number of ether oxygens (including phenoxy) is 2. The summed E-state index contributed by atoms with van der Waals surface area (Å²) in [6, 6.07) is 0. The van der Waals surface area contributed by atoms with Gasteiger partial charge in [0.1, 0.15) is 11.5 Å². The fourth-order valence-corrected chi connectivity index (χ4v) is 1.57. The minimum atomic E-state index is -0.598. The zero-order valence-electron chi connectivity index (χ0n) is 9.86. The molecule has 3 N–H and O–H groups in total. The second kappa shape index (κ2) is 5.14. The average molecular weight is 226 g/mol. The first-order chi connectivity index (χ1) is 7.62. The third-order valence-corrected chi connectivity index (χ3v) is 2.72. The van der Waals surface area contributed by atoms with Gasteiger partial charge in [0.2, 0.25) is 0 Å². The van der Waals surface area contributed by atoms with Gasteiger partial charge in [0.25, 0.3) is 0 Å². The van der Waals surface area contributed by atoms with E-state index in [0.717, 1.165) is 5.56 Å². The summed E-state index contributed by atoms with van der Waals surface area (Å²) in [5.41, 5.74) is 5.86. The van der Waals surface area contributed by atoms with E-state index < -0.39 is 5.41 Å². The Balaban J connectivity index is 3.38. The molecule has 1 heterocycles. The molecule has 0 aliphatic carbocycles. The zero-order valence-corrected chi connectivity index (χ0v) is 9.86. The lowest BCUT2D eigenvalue weighted by Crippen LogP contribution is -2.36. The van der Waals surface area contributed by atoms with Crippen LogP contribution in [0.15, 0.2) is 12.4 Å². The molecule has 0 saturated carbocycles. The summed E-state index contributed by atoms with van der Waals surface area (Å²) in [6.45, 7) is 2.06. The second-order valence-electron chi connectivity index (χ2n) is 3.84. The minimum Gasteiger partial charge on any atom is -0.495 e. The Morgan fingerprint density at radius 2 is 1.81 bits per heavy atom. The molecule has 90 valence electrons. The van der Waals surface area contributed by atoms with Gasteiger partial charge >= 0.3 is 0 Å². The maximum absolute atomic E-state index is 9.47. The van der Waals surface area contributed by atoms with Crippen molar-refractivity contribution in [2.45, 2.75) is 12.3 Å². The number of methoxy groups -OCH3 is 2. The van der Waals surface area contributed by atoms with Crippen molar-refractivity contribution < 1.29 is 14.6 Å². The average Bonchev–Trinajstić information content (AvgIpc) is 2.36. The van der Waals surface area contributed by atoms with Crippen LogP contribution in [0.5, 0.6) is 11.5 Å². The molecule has 5 nitrogen and oxygen atoms in total. The van der Waals surface area contributed by atoms with Crippen molar-refractivity contribution >= 4 is 0 Å². The Morgan fingerprint density at radius 3 is 2.12 bits per heavy atom. The van der Waals surface area contributed by atoms with Crippen LogP contribution in [0.4, 0.5) is 0 Å². The summed E-state index contributed by atoms with van der Waals surface area (Å²) in [6.07, 6.45) is 3.17. The highest BCUT2D eigenvalue weighted by Crippen LogP contribution is 2.37. The Bertz CT molecular complexity index is 329. The maximum atomic E-state index is 9.47. The van der Waals surface area contributed by atoms with E-state index in [0.29, 0.717) is 18.0 Å². The lowest BCUT2D eigenvalue weighted by Gasteiger charge is -2.28. The largest absolute Gasteiger partial charge is 0.495 e. The van der Waals surface area contributed by atoms with Crippen LogP contribution in [-0.2, 0) is 5.41 Å². The molecular weight excluding hydrogens is 208 g/mol. The van der Waals surface area contributed by atoms with Crippen molar-refractivity contribution in [1.29, 1.82) is 0 Å². The van der Waals surface area contributed by atoms with Crippen LogP contribution in [0.25, 0.3) is 0 Å². The molecule has 5 heteroatoms. The molecule has 0 amide bonds. The van der Waals surface area contributed by atoms with Gasteiger partial charge in [0.15, 0.2) is 0 Å². The molecule has 1 atom stereocenters. The third-order valence-electron chi connectivity index (χ3n) is 2.72. The van der Waals surface area contributed by atoms with Gasteiger partial charge in [0.05, 0.1) is 33.2 Å². The van der Waals surface area contributed by atoms with Gasteiger partial charge in [-0.1, -0.05) is 6.92 Å². The standard InChI is InChI=1S/C11H18N2O3/c1-11(6-12,7-14)10-8(15-2)4-13-5-9(10)16-3/h4-5,14H,6-7,12H2,1-3H3. The van der Waals surface area contributed by atoms with E-state index in [1.807, 2.05) is 6.92 Å². The van der Waals surface area contributed by atoms with E-state index in [-0.39, 0.29) is 6.61 Å². The molecule has 1 rings (SSSR count). The Morgan fingerprint density at radius 1 is 1.31 bits per heavy atom. The summed E-state index contributed by atoms with van der Waals surface area (Å²) in [4.78, 5) is 4.00. The summed E-state index contributed by atoms with van der Waals surface area (Å²) in [5.74, 6) is 1.14. The lowest BCUT2D eigenvalue weighted by molar-refractivity contribution is 0.202. The van der Waals surface area contributed by atoms with Gasteiger partial charge in [-0.25, -0.2) is 0 Å². The van der Waals surface area contributed by atoms with Crippen LogP contribution < -0.4 is 15.2 Å². The zero-order chi connectivity index (χ0) is 12.2. The van der Waals surface area contributed by atoms with Crippen molar-refractivity contribution in [3.63, 3.8) is 0 Å². The smallest absolute Gasteiger partial charge is 0.144 e. The van der Waals surface area contributed by atoms with E-state index in [1.165, 1.54) is 0 Å². The van der Waals surface area contributed by atoms with Crippen LogP contribution in [0.3, 0.4) is 0 Å². The van der Waals surface area contributed by atoms with Crippen LogP contribution >= 0.6 is 0 Å². The molecule has 0 fully saturated rings. The van der Waals surface area contributed by atoms with Crippen LogP contribution in [0.1, 0.15) is 12.5 Å². The summed E-state index contributed by atoms with van der Waals surface area (Å²) < 4.78 is 10.5. The van der Waals surface area contributed by atoms with Crippen molar-refractivity contribution in [2.24, 2.45) is 5.73 Å². The van der Waals surface area contributed by atoms with E-state index in [4.69, 9.17) is 15.2 Å². The summed E-state index contributed by atoms with van der Waals surface area (Å²) >= 11 is 0. The highest BCUT2D eigenvalue weighted by molar-refractivity contribution is 5.47. The second-order valence-corrected chi connectivity index (χ2v) is 3.84. The van der Waals surface area contributed by atoms with Crippen LogP contribution in [-0.4, -0.2) is 37.5 Å². The molecule has 1 aromatic rings. The molecule has 0 saturated heterocycles. The minimum absolute atomic E-state index is 0.0831. The van der Waals surface area contributed by atoms with Crippen molar-refractivity contribution in [3.05, 3.63) is 18.0 Å². The van der Waals surface area contributed by atoms with E-state index in [1.54, 1.807) is 26.6 Å². The number of aliphatic hydroxyl groups excluding tert-OH is 1. The van der Waals surface area contributed by atoms with Crippen LogP contribution in [0, 0.1) is 0 Å². The summed E-state index contributed by atoms with van der Waals surface area (Å²) in [5, 5.41) is 9.47. The molecule has 0 aromatic carbocycles. The third kappa shape index (κ3) is 2.10. The van der Waals surface area contributed by atoms with Gasteiger partial charge in [-0.05, 0) is 0 Å². The maximum Gasteiger partial charge on any atom is 0.144 e. The number of nitrogens with two attached hydrogens (primary N) is 1. The SMILES string of the molecule is COc1cncc(OC)c1C(C)(CN)CO. The van der Waals surface area contributed by atoms with E-state index in [9.17, 15) is 5.11 Å². The quantitative estimate of drug-likeness (QED) is 0.755. The predicted molar refractivity (Wildman–Crippen MR) is 60.8 cm³/mol. The summed E-state index contributed by atoms with van der Waals surface area (Å²) in [7, 11) is 3.10.